The molecule has 0 unspecified atom stereocenters. The van der Waals surface area contributed by atoms with Crippen molar-refractivity contribution in [2.75, 3.05) is 88.3 Å². The number of para-hydroxylation sites is 2. The topological polar surface area (TPSA) is 148 Å². The molecule has 296 valence electrons. The van der Waals surface area contributed by atoms with Crippen LogP contribution in [0.4, 0.5) is 11.4 Å². The molecule has 4 fully saturated rings. The van der Waals surface area contributed by atoms with Crippen LogP contribution in [-0.2, 0) is 29.6 Å². The maximum atomic E-state index is 12.7. The van der Waals surface area contributed by atoms with Crippen LogP contribution in [0, 0.1) is 11.8 Å². The van der Waals surface area contributed by atoms with E-state index >= 15 is 0 Å². The van der Waals surface area contributed by atoms with E-state index in [0.717, 1.165) is 37.6 Å². The first-order chi connectivity index (χ1) is 26.9. The highest BCUT2D eigenvalue weighted by Crippen LogP contribution is 2.30. The van der Waals surface area contributed by atoms with Gasteiger partial charge in [0.1, 0.15) is 10.0 Å². The highest BCUT2D eigenvalue weighted by Gasteiger charge is 2.44. The number of benzene rings is 2. The number of piperazine rings is 2. The van der Waals surface area contributed by atoms with Crippen molar-refractivity contribution in [3.63, 3.8) is 0 Å². The van der Waals surface area contributed by atoms with Crippen molar-refractivity contribution in [1.29, 1.82) is 0 Å². The standard InChI is InChI=1S/2C19H21ClN4O3S/c20-18-17(7-4-8-21-18)28(26,27)24-13-15(14-24)19(25)23-11-9-22(10-12-23)16-5-2-1-3-6-16;20-16-6-7-18(21-12-16)28(26,27)24-13-15(14-24)19(25)23-10-8-22(9-11-23)17-4-2-1-3-5-17/h1-8,15H,9-14H2;1-7,12,15H,8-11,13-14H2. The Kier molecular flexibility index (Phi) is 12.1. The summed E-state index contributed by atoms with van der Waals surface area (Å²) in [5.41, 5.74) is 2.31. The van der Waals surface area contributed by atoms with Gasteiger partial charge >= 0.3 is 0 Å². The van der Waals surface area contributed by atoms with Crippen LogP contribution in [0.15, 0.2) is 107 Å². The second-order valence-corrected chi connectivity index (χ2v) is 18.5. The third kappa shape index (κ3) is 8.65. The van der Waals surface area contributed by atoms with Crippen LogP contribution in [0.5, 0.6) is 0 Å². The average Bonchev–Trinajstić information content (AvgIpc) is 3.18. The molecule has 2 amide bonds. The van der Waals surface area contributed by atoms with Crippen LogP contribution >= 0.6 is 23.2 Å². The normalized spacial score (nSPS) is 18.8. The number of sulfonamides is 2. The molecule has 0 spiro atoms. The number of hydrogen-bond donors (Lipinski definition) is 0. The zero-order chi connectivity index (χ0) is 39.5. The first kappa shape index (κ1) is 39.9. The van der Waals surface area contributed by atoms with Crippen molar-refractivity contribution in [1.82, 2.24) is 28.4 Å². The van der Waals surface area contributed by atoms with Crippen LogP contribution in [-0.4, -0.2) is 136 Å². The minimum Gasteiger partial charge on any atom is -0.368 e. The smallest absolute Gasteiger partial charge is 0.260 e. The molecule has 0 atom stereocenters. The number of anilines is 2. The van der Waals surface area contributed by atoms with Crippen LogP contribution < -0.4 is 9.80 Å². The zero-order valence-electron chi connectivity index (χ0n) is 30.5. The number of aromatic nitrogens is 2. The van der Waals surface area contributed by atoms with Crippen molar-refractivity contribution in [2.24, 2.45) is 11.8 Å². The van der Waals surface area contributed by atoms with E-state index < -0.39 is 20.0 Å². The summed E-state index contributed by atoms with van der Waals surface area (Å²) < 4.78 is 53.0. The van der Waals surface area contributed by atoms with Gasteiger partial charge in [0.2, 0.25) is 21.8 Å². The SMILES string of the molecule is O=C(C1CN(S(=O)(=O)c2ccc(Cl)cn2)C1)N1CCN(c2ccccc2)CC1.O=C(C1CN(S(=O)(=O)c2cccnc2Cl)C1)N1CCN(c2ccccc2)CC1. The number of halogens is 2. The monoisotopic (exact) mass is 840 g/mol. The number of hydrogen-bond acceptors (Lipinski definition) is 10. The van der Waals surface area contributed by atoms with E-state index in [1.54, 1.807) is 0 Å². The van der Waals surface area contributed by atoms with Gasteiger partial charge in [-0.2, -0.15) is 8.61 Å². The Labute approximate surface area is 337 Å². The highest BCUT2D eigenvalue weighted by molar-refractivity contribution is 7.89. The molecule has 0 bridgehead atoms. The predicted molar refractivity (Wildman–Crippen MR) is 213 cm³/mol. The number of amides is 2. The first-order valence-corrected chi connectivity index (χ1v) is 22.0. The van der Waals surface area contributed by atoms with Crippen molar-refractivity contribution in [3.8, 4) is 0 Å². The molecule has 6 heterocycles. The lowest BCUT2D eigenvalue weighted by Crippen LogP contribution is -2.59. The maximum Gasteiger partial charge on any atom is 0.260 e. The zero-order valence-corrected chi connectivity index (χ0v) is 33.6. The molecule has 14 nitrogen and oxygen atoms in total. The summed E-state index contributed by atoms with van der Waals surface area (Å²) in [6.45, 7) is 6.46. The van der Waals surface area contributed by atoms with Gasteiger partial charge in [0.05, 0.1) is 16.9 Å². The molecule has 0 saturated carbocycles. The molecule has 2 aromatic heterocycles. The van der Waals surface area contributed by atoms with Gasteiger partial charge in [0.15, 0.2) is 5.03 Å². The van der Waals surface area contributed by atoms with Gasteiger partial charge in [0.25, 0.3) is 10.0 Å². The fourth-order valence-corrected chi connectivity index (χ4v) is 10.6. The Balaban J connectivity index is 0.000000172. The molecule has 56 heavy (non-hydrogen) atoms. The van der Waals surface area contributed by atoms with Gasteiger partial charge in [0, 0.05) is 102 Å². The summed E-state index contributed by atoms with van der Waals surface area (Å²) >= 11 is 11.7. The van der Waals surface area contributed by atoms with Crippen LogP contribution in [0.3, 0.4) is 0 Å². The van der Waals surface area contributed by atoms with Crippen molar-refractivity contribution < 1.29 is 26.4 Å². The Morgan fingerprint density at radius 1 is 0.554 bits per heavy atom. The predicted octanol–water partition coefficient (Wildman–Crippen LogP) is 3.41. The van der Waals surface area contributed by atoms with Crippen molar-refractivity contribution in [3.05, 3.63) is 107 Å². The summed E-state index contributed by atoms with van der Waals surface area (Å²) in [6, 6.07) is 26.1. The minimum atomic E-state index is -3.71. The largest absolute Gasteiger partial charge is 0.368 e. The van der Waals surface area contributed by atoms with E-state index in [1.807, 2.05) is 46.2 Å². The van der Waals surface area contributed by atoms with Crippen LogP contribution in [0.2, 0.25) is 10.2 Å². The lowest BCUT2D eigenvalue weighted by Gasteiger charge is -2.42. The number of pyridine rings is 2. The molecule has 4 saturated heterocycles. The third-order valence-corrected chi connectivity index (χ3v) is 14.7. The minimum absolute atomic E-state index is 0.0148. The Morgan fingerprint density at radius 3 is 1.45 bits per heavy atom. The van der Waals surface area contributed by atoms with Crippen LogP contribution in [0.25, 0.3) is 0 Å². The summed E-state index contributed by atoms with van der Waals surface area (Å²) in [5, 5.41) is 0.291. The Morgan fingerprint density at radius 2 is 1.02 bits per heavy atom. The highest BCUT2D eigenvalue weighted by atomic mass is 35.5. The molecular formula is C38H42Cl2N8O6S2. The van der Waals surface area contributed by atoms with Crippen LogP contribution in [0.1, 0.15) is 0 Å². The van der Waals surface area contributed by atoms with E-state index in [9.17, 15) is 26.4 Å². The molecule has 4 aliphatic rings. The fourth-order valence-electron chi connectivity index (χ4n) is 7.10. The van der Waals surface area contributed by atoms with Gasteiger partial charge in [-0.1, -0.05) is 59.6 Å². The number of carbonyl (C=O) groups excluding carboxylic acids is 2. The first-order valence-electron chi connectivity index (χ1n) is 18.3. The molecule has 0 N–H and O–H groups in total. The molecular weight excluding hydrogens is 800 g/mol. The second kappa shape index (κ2) is 17.0. The lowest BCUT2D eigenvalue weighted by atomic mass is 10.0. The average molecular weight is 842 g/mol. The molecule has 8 rings (SSSR count). The summed E-state index contributed by atoms with van der Waals surface area (Å²) in [4.78, 5) is 41.4. The molecule has 0 radical (unpaired) electrons. The Bertz CT molecular complexity index is 2210. The Hall–Kier alpha value is -4.32. The molecule has 4 aromatic rings. The van der Waals surface area contributed by atoms with E-state index in [1.165, 1.54) is 45.3 Å². The molecule has 4 aliphatic heterocycles. The fraction of sp³-hybridized carbons (Fsp3) is 0.368. The van der Waals surface area contributed by atoms with Crippen molar-refractivity contribution in [2.45, 2.75) is 9.92 Å². The van der Waals surface area contributed by atoms with Gasteiger partial charge in [-0.25, -0.2) is 26.8 Å². The third-order valence-electron chi connectivity index (χ3n) is 10.5. The summed E-state index contributed by atoms with van der Waals surface area (Å²) in [6.07, 6.45) is 2.75. The van der Waals surface area contributed by atoms with E-state index in [-0.39, 0.29) is 64.9 Å². The van der Waals surface area contributed by atoms with E-state index in [0.29, 0.717) is 31.2 Å². The molecule has 18 heteroatoms. The second-order valence-electron chi connectivity index (χ2n) is 13.9. The van der Waals surface area contributed by atoms with Gasteiger partial charge < -0.3 is 19.6 Å². The van der Waals surface area contributed by atoms with E-state index in [2.05, 4.69) is 44.0 Å². The number of carbonyl (C=O) groups is 2. The summed E-state index contributed by atoms with van der Waals surface area (Å²) in [5.74, 6) is -0.529. The van der Waals surface area contributed by atoms with Crippen molar-refractivity contribution >= 4 is 66.4 Å². The van der Waals surface area contributed by atoms with Gasteiger partial charge in [-0.15, -0.1) is 0 Å². The molecule has 0 aliphatic carbocycles. The molecule has 2 aromatic carbocycles. The maximum absolute atomic E-state index is 12.7. The lowest BCUT2D eigenvalue weighted by molar-refractivity contribution is -0.140. The number of nitrogens with zero attached hydrogens (tertiary/aromatic N) is 8. The van der Waals surface area contributed by atoms with Gasteiger partial charge in [-0.05, 0) is 48.5 Å². The quantitative estimate of drug-likeness (QED) is 0.242. The van der Waals surface area contributed by atoms with E-state index in [4.69, 9.17) is 23.2 Å². The summed E-state index contributed by atoms with van der Waals surface area (Å²) in [7, 11) is -7.39. The number of rotatable bonds is 8. The van der Waals surface area contributed by atoms with Gasteiger partial charge in [-0.3, -0.25) is 9.59 Å².